The molecular formula is C20H35N5O. The first-order chi connectivity index (χ1) is 12.3. The van der Waals surface area contributed by atoms with E-state index in [1.807, 2.05) is 19.2 Å². The largest absolute Gasteiger partial charge is 0.495 e. The molecule has 1 unspecified atom stereocenters. The summed E-state index contributed by atoms with van der Waals surface area (Å²) in [6.07, 6.45) is 1.08. The molecule has 1 atom stereocenters. The van der Waals surface area contributed by atoms with E-state index in [2.05, 4.69) is 65.5 Å². The number of nitrogens with zero attached hydrogens (tertiary/aromatic N) is 3. The van der Waals surface area contributed by atoms with E-state index >= 15 is 0 Å². The van der Waals surface area contributed by atoms with E-state index in [-0.39, 0.29) is 5.41 Å². The van der Waals surface area contributed by atoms with Crippen molar-refractivity contribution in [1.29, 1.82) is 0 Å². The van der Waals surface area contributed by atoms with Gasteiger partial charge in [-0.15, -0.1) is 0 Å². The third-order valence-corrected chi connectivity index (χ3v) is 4.66. The highest BCUT2D eigenvalue weighted by molar-refractivity contribution is 5.80. The van der Waals surface area contributed by atoms with Crippen molar-refractivity contribution in [1.82, 2.24) is 15.5 Å². The summed E-state index contributed by atoms with van der Waals surface area (Å²) >= 11 is 0. The van der Waals surface area contributed by atoms with Crippen LogP contribution in [0.15, 0.2) is 29.3 Å². The van der Waals surface area contributed by atoms with Crippen molar-refractivity contribution in [3.8, 4) is 5.75 Å². The normalized spacial score (nSPS) is 18.3. The van der Waals surface area contributed by atoms with Gasteiger partial charge in [0.25, 0.3) is 0 Å². The first kappa shape index (κ1) is 20.4. The summed E-state index contributed by atoms with van der Waals surface area (Å²) in [5, 5.41) is 7.06. The van der Waals surface area contributed by atoms with Crippen LogP contribution in [0.3, 0.4) is 0 Å². The Balaban J connectivity index is 1.88. The molecule has 1 heterocycles. The Labute approximate surface area is 158 Å². The number of methoxy groups -OCH3 is 1. The lowest BCUT2D eigenvalue weighted by Gasteiger charge is -2.29. The van der Waals surface area contributed by atoms with Gasteiger partial charge in [-0.2, -0.15) is 0 Å². The van der Waals surface area contributed by atoms with Crippen LogP contribution in [0.2, 0.25) is 0 Å². The molecule has 6 heteroatoms. The van der Waals surface area contributed by atoms with E-state index in [1.54, 1.807) is 7.11 Å². The highest BCUT2D eigenvalue weighted by Gasteiger charge is 2.26. The number of benzene rings is 1. The maximum absolute atomic E-state index is 5.50. The summed E-state index contributed by atoms with van der Waals surface area (Å²) in [6.45, 7) is 8.41. The van der Waals surface area contributed by atoms with Crippen molar-refractivity contribution < 1.29 is 4.74 Å². The number of anilines is 1. The quantitative estimate of drug-likeness (QED) is 0.575. The van der Waals surface area contributed by atoms with E-state index < -0.39 is 0 Å². The van der Waals surface area contributed by atoms with Crippen LogP contribution < -0.4 is 20.3 Å². The second-order valence-electron chi connectivity index (χ2n) is 8.08. The lowest BCUT2D eigenvalue weighted by atomic mass is 9.93. The minimum Gasteiger partial charge on any atom is -0.495 e. The summed E-state index contributed by atoms with van der Waals surface area (Å²) in [7, 11) is 7.78. The van der Waals surface area contributed by atoms with E-state index in [0.29, 0.717) is 6.04 Å². The Morgan fingerprint density at radius 1 is 1.35 bits per heavy atom. The molecule has 6 nitrogen and oxygen atoms in total. The third kappa shape index (κ3) is 5.80. The first-order valence-electron chi connectivity index (χ1n) is 9.34. The molecule has 2 N–H and O–H groups in total. The molecular weight excluding hydrogens is 326 g/mol. The van der Waals surface area contributed by atoms with Gasteiger partial charge in [-0.3, -0.25) is 4.99 Å². The van der Waals surface area contributed by atoms with Crippen molar-refractivity contribution in [2.45, 2.75) is 26.3 Å². The smallest absolute Gasteiger partial charge is 0.191 e. The van der Waals surface area contributed by atoms with Crippen LogP contribution in [0.25, 0.3) is 0 Å². The van der Waals surface area contributed by atoms with Gasteiger partial charge in [0.1, 0.15) is 5.75 Å². The predicted octanol–water partition coefficient (Wildman–Crippen LogP) is 2.03. The molecule has 0 saturated carbocycles. The fourth-order valence-electron chi connectivity index (χ4n) is 3.61. The van der Waals surface area contributed by atoms with E-state index in [4.69, 9.17) is 4.74 Å². The van der Waals surface area contributed by atoms with Gasteiger partial charge in [0.05, 0.1) is 12.8 Å². The maximum Gasteiger partial charge on any atom is 0.191 e. The van der Waals surface area contributed by atoms with Crippen LogP contribution >= 0.6 is 0 Å². The number of hydrogen-bond acceptors (Lipinski definition) is 4. The Bertz CT molecular complexity index is 600. The van der Waals surface area contributed by atoms with Crippen molar-refractivity contribution in [3.05, 3.63) is 24.3 Å². The van der Waals surface area contributed by atoms with Gasteiger partial charge in [0.15, 0.2) is 5.96 Å². The van der Waals surface area contributed by atoms with Crippen LogP contribution in [0.4, 0.5) is 5.69 Å². The number of hydrogen-bond donors (Lipinski definition) is 2. The molecule has 1 fully saturated rings. The number of para-hydroxylation sites is 2. The highest BCUT2D eigenvalue weighted by Crippen LogP contribution is 2.30. The Kier molecular flexibility index (Phi) is 7.14. The van der Waals surface area contributed by atoms with Gasteiger partial charge in [-0.25, -0.2) is 0 Å². The molecule has 1 aromatic carbocycles. The third-order valence-electron chi connectivity index (χ3n) is 4.66. The number of rotatable bonds is 7. The number of nitrogens with one attached hydrogen (secondary N) is 2. The fourth-order valence-corrected chi connectivity index (χ4v) is 3.61. The van der Waals surface area contributed by atoms with Crippen LogP contribution in [0, 0.1) is 5.41 Å². The van der Waals surface area contributed by atoms with Gasteiger partial charge >= 0.3 is 0 Å². The SMILES string of the molecule is CN=C(NCC(C)(C)CN(C)C)NC1CCN(c2ccccc2OC)C1. The minimum atomic E-state index is 0.181. The van der Waals surface area contributed by atoms with Gasteiger partial charge in [-0.05, 0) is 38.1 Å². The number of ether oxygens (including phenoxy) is 1. The zero-order chi connectivity index (χ0) is 19.2. The average Bonchev–Trinajstić information content (AvgIpc) is 3.05. The van der Waals surface area contributed by atoms with Gasteiger partial charge in [0.2, 0.25) is 0 Å². The van der Waals surface area contributed by atoms with E-state index in [1.165, 1.54) is 0 Å². The van der Waals surface area contributed by atoms with Crippen molar-refractivity contribution in [2.24, 2.45) is 10.4 Å². The first-order valence-corrected chi connectivity index (χ1v) is 9.34. The highest BCUT2D eigenvalue weighted by atomic mass is 16.5. The zero-order valence-electron chi connectivity index (χ0n) is 17.2. The second-order valence-corrected chi connectivity index (χ2v) is 8.08. The Hall–Kier alpha value is -1.95. The summed E-state index contributed by atoms with van der Waals surface area (Å²) in [5.74, 6) is 1.81. The van der Waals surface area contributed by atoms with Crippen molar-refractivity contribution >= 4 is 11.6 Å². The molecule has 0 amide bonds. The molecule has 1 aliphatic rings. The number of aliphatic imine (C=N–C) groups is 1. The van der Waals surface area contributed by atoms with Gasteiger partial charge in [-0.1, -0.05) is 26.0 Å². The zero-order valence-corrected chi connectivity index (χ0v) is 17.2. The summed E-state index contributed by atoms with van der Waals surface area (Å²) in [6, 6.07) is 8.59. The second kappa shape index (κ2) is 9.12. The molecule has 146 valence electrons. The molecule has 0 radical (unpaired) electrons. The van der Waals surface area contributed by atoms with E-state index in [9.17, 15) is 0 Å². The molecule has 0 spiro atoms. The molecule has 2 rings (SSSR count). The standard InChI is InChI=1S/C20H35N5O/c1-20(2,15-24(4)5)14-22-19(21-3)23-16-11-12-25(13-16)17-9-7-8-10-18(17)26-6/h7-10,16H,11-15H2,1-6H3,(H2,21,22,23). The van der Waals surface area contributed by atoms with Crippen molar-refractivity contribution in [2.75, 3.05) is 59.3 Å². The van der Waals surface area contributed by atoms with Crippen LogP contribution in [0.1, 0.15) is 20.3 Å². The lowest BCUT2D eigenvalue weighted by Crippen LogP contribution is -2.48. The molecule has 0 aromatic heterocycles. The topological polar surface area (TPSA) is 52.1 Å². The van der Waals surface area contributed by atoms with Gasteiger partial charge < -0.3 is 25.2 Å². The maximum atomic E-state index is 5.50. The monoisotopic (exact) mass is 361 g/mol. The van der Waals surface area contributed by atoms with Crippen molar-refractivity contribution in [3.63, 3.8) is 0 Å². The van der Waals surface area contributed by atoms with Crippen LogP contribution in [0.5, 0.6) is 5.75 Å². The van der Waals surface area contributed by atoms with Crippen LogP contribution in [-0.4, -0.2) is 71.3 Å². The fraction of sp³-hybridized carbons (Fsp3) is 0.650. The number of guanidine groups is 1. The Morgan fingerprint density at radius 3 is 2.73 bits per heavy atom. The molecule has 1 aromatic rings. The Morgan fingerprint density at radius 2 is 2.08 bits per heavy atom. The molecule has 0 aliphatic carbocycles. The summed E-state index contributed by atoms with van der Waals surface area (Å²) in [4.78, 5) is 9.00. The molecule has 0 bridgehead atoms. The van der Waals surface area contributed by atoms with Crippen LogP contribution in [-0.2, 0) is 0 Å². The van der Waals surface area contributed by atoms with Gasteiger partial charge in [0, 0.05) is 39.3 Å². The minimum absolute atomic E-state index is 0.181. The van der Waals surface area contributed by atoms with E-state index in [0.717, 1.165) is 50.0 Å². The average molecular weight is 362 g/mol. The molecule has 1 saturated heterocycles. The summed E-state index contributed by atoms with van der Waals surface area (Å²) in [5.41, 5.74) is 1.34. The summed E-state index contributed by atoms with van der Waals surface area (Å²) < 4.78 is 5.50. The predicted molar refractivity (Wildman–Crippen MR) is 110 cm³/mol. The molecule has 1 aliphatic heterocycles. The lowest BCUT2D eigenvalue weighted by molar-refractivity contribution is 0.241. The molecule has 26 heavy (non-hydrogen) atoms.